The number of unbranched alkanes of at least 4 members (excludes halogenated alkanes) is 1. The fraction of sp³-hybridized carbons (Fsp3) is 0.524. The zero-order valence-corrected chi connectivity index (χ0v) is 23.7. The number of aromatic nitrogens is 2. The van der Waals surface area contributed by atoms with Gasteiger partial charge in [0.15, 0.2) is 0 Å². The van der Waals surface area contributed by atoms with E-state index in [0.717, 1.165) is 12.8 Å². The standard InChI is InChI=1S/C21H32BrN5O6S2/c1-21(2,3)33-20(28)27(14-17-9-11-18(22)12-10-17)34(29,30)24-13-7-6-8-19-15-26(16-23-19)35(31,32)25(4)5/h9-12,15-16,24H,6-8,13-14H2,1-5H3. The molecule has 0 radical (unpaired) electrons. The van der Waals surface area contributed by atoms with Crippen LogP contribution in [-0.2, 0) is 38.1 Å². The normalized spacial score (nSPS) is 12.7. The smallest absolute Gasteiger partial charge is 0.425 e. The molecule has 1 amide bonds. The molecule has 0 aliphatic heterocycles. The van der Waals surface area contributed by atoms with Crippen LogP contribution in [0.25, 0.3) is 0 Å². The summed E-state index contributed by atoms with van der Waals surface area (Å²) in [5, 5.41) is 0. The summed E-state index contributed by atoms with van der Waals surface area (Å²) in [4.78, 5) is 16.8. The Labute approximate surface area is 216 Å². The first-order valence-electron chi connectivity index (χ1n) is 10.8. The first-order valence-corrected chi connectivity index (χ1v) is 14.5. The lowest BCUT2D eigenvalue weighted by molar-refractivity contribution is 0.0379. The van der Waals surface area contributed by atoms with E-state index in [-0.39, 0.29) is 13.1 Å². The molecule has 0 aliphatic rings. The molecule has 11 nitrogen and oxygen atoms in total. The summed E-state index contributed by atoms with van der Waals surface area (Å²) in [5.74, 6) is 0. The third-order valence-corrected chi connectivity index (χ3v) is 8.22. The highest BCUT2D eigenvalue weighted by Gasteiger charge is 2.31. The number of hydrogen-bond acceptors (Lipinski definition) is 7. The molecule has 0 saturated heterocycles. The molecule has 0 saturated carbocycles. The molecule has 0 unspecified atom stereocenters. The molecule has 1 aromatic heterocycles. The molecule has 0 spiro atoms. The quantitative estimate of drug-likeness (QED) is 0.396. The van der Waals surface area contributed by atoms with Gasteiger partial charge in [0.25, 0.3) is 0 Å². The van der Waals surface area contributed by atoms with Gasteiger partial charge in [-0.2, -0.15) is 30.2 Å². The van der Waals surface area contributed by atoms with Gasteiger partial charge >= 0.3 is 26.5 Å². The van der Waals surface area contributed by atoms with Gasteiger partial charge in [0, 0.05) is 31.3 Å². The van der Waals surface area contributed by atoms with Crippen molar-refractivity contribution in [3.05, 3.63) is 52.5 Å². The average molecular weight is 595 g/mol. The first kappa shape index (κ1) is 29.2. The van der Waals surface area contributed by atoms with Crippen LogP contribution in [0.15, 0.2) is 41.3 Å². The van der Waals surface area contributed by atoms with Crippen LogP contribution in [0.5, 0.6) is 0 Å². The van der Waals surface area contributed by atoms with Crippen LogP contribution in [0.2, 0.25) is 0 Å². The van der Waals surface area contributed by atoms with Gasteiger partial charge in [0.1, 0.15) is 11.9 Å². The van der Waals surface area contributed by atoms with Crippen LogP contribution in [0, 0.1) is 0 Å². The minimum absolute atomic E-state index is 0.0820. The largest absolute Gasteiger partial charge is 0.443 e. The molecule has 0 aliphatic carbocycles. The van der Waals surface area contributed by atoms with Crippen LogP contribution in [0.3, 0.4) is 0 Å². The van der Waals surface area contributed by atoms with Crippen molar-refractivity contribution in [1.29, 1.82) is 0 Å². The van der Waals surface area contributed by atoms with Gasteiger partial charge in [0.2, 0.25) is 0 Å². The summed E-state index contributed by atoms with van der Waals surface area (Å²) in [5.41, 5.74) is 0.324. The molecule has 0 fully saturated rings. The SMILES string of the molecule is CN(C)S(=O)(=O)n1cnc(CCCCNS(=O)(=O)N(Cc2ccc(Br)cc2)C(=O)OC(C)(C)C)c1. The third-order valence-electron chi connectivity index (χ3n) is 4.61. The van der Waals surface area contributed by atoms with Crippen molar-refractivity contribution < 1.29 is 26.4 Å². The summed E-state index contributed by atoms with van der Waals surface area (Å²) < 4.78 is 61.5. The maximum absolute atomic E-state index is 13.0. The number of carbonyl (C=O) groups is 1. The van der Waals surface area contributed by atoms with Crippen molar-refractivity contribution in [1.82, 2.24) is 22.3 Å². The monoisotopic (exact) mass is 593 g/mol. The van der Waals surface area contributed by atoms with Gasteiger partial charge in [-0.15, -0.1) is 0 Å². The topological polar surface area (TPSA) is 131 Å². The average Bonchev–Trinajstić information content (AvgIpc) is 3.21. The van der Waals surface area contributed by atoms with Crippen molar-refractivity contribution >= 4 is 42.4 Å². The van der Waals surface area contributed by atoms with E-state index in [0.29, 0.717) is 34.8 Å². The molecule has 0 atom stereocenters. The van der Waals surface area contributed by atoms with Gasteiger partial charge in [-0.05, 0) is 57.7 Å². The van der Waals surface area contributed by atoms with Crippen molar-refractivity contribution in [2.45, 2.75) is 52.2 Å². The van der Waals surface area contributed by atoms with Crippen molar-refractivity contribution in [3.63, 3.8) is 0 Å². The summed E-state index contributed by atoms with van der Waals surface area (Å²) in [6, 6.07) is 6.95. The van der Waals surface area contributed by atoms with Gasteiger partial charge in [-0.3, -0.25) is 0 Å². The Bertz CT molecular complexity index is 1210. The van der Waals surface area contributed by atoms with Crippen LogP contribution in [-0.4, -0.2) is 66.7 Å². The maximum atomic E-state index is 13.0. The van der Waals surface area contributed by atoms with Gasteiger partial charge < -0.3 is 4.74 Å². The number of halogens is 1. The number of aryl methyl sites for hydroxylation is 1. The molecule has 2 aromatic rings. The molecular weight excluding hydrogens is 562 g/mol. The highest BCUT2D eigenvalue weighted by Crippen LogP contribution is 2.17. The fourth-order valence-electron chi connectivity index (χ4n) is 2.81. The van der Waals surface area contributed by atoms with Crippen molar-refractivity contribution in [3.8, 4) is 0 Å². The number of hydrogen-bond donors (Lipinski definition) is 1. The summed E-state index contributed by atoms with van der Waals surface area (Å²) >= 11 is 3.33. The van der Waals surface area contributed by atoms with E-state index in [9.17, 15) is 21.6 Å². The minimum Gasteiger partial charge on any atom is -0.443 e. The van der Waals surface area contributed by atoms with Crippen LogP contribution < -0.4 is 4.72 Å². The van der Waals surface area contributed by atoms with Crippen LogP contribution >= 0.6 is 15.9 Å². The number of rotatable bonds is 11. The zero-order valence-electron chi connectivity index (χ0n) is 20.4. The number of imidazole rings is 1. The van der Waals surface area contributed by atoms with Gasteiger partial charge in [0.05, 0.1) is 12.2 Å². The molecule has 14 heteroatoms. The van der Waals surface area contributed by atoms with Gasteiger partial charge in [-0.1, -0.05) is 28.1 Å². The Hall–Kier alpha value is -2.00. The van der Waals surface area contributed by atoms with Crippen molar-refractivity contribution in [2.75, 3.05) is 20.6 Å². The molecule has 196 valence electrons. The zero-order chi connectivity index (χ0) is 26.4. The van der Waals surface area contributed by atoms with Crippen molar-refractivity contribution in [2.24, 2.45) is 0 Å². The van der Waals surface area contributed by atoms with E-state index < -0.39 is 32.1 Å². The van der Waals surface area contributed by atoms with Gasteiger partial charge in [-0.25, -0.2) is 13.8 Å². The summed E-state index contributed by atoms with van der Waals surface area (Å²) in [7, 11) is -4.95. The van der Waals surface area contributed by atoms with E-state index in [1.165, 1.54) is 26.6 Å². The second-order valence-electron chi connectivity index (χ2n) is 8.96. The lowest BCUT2D eigenvalue weighted by atomic mass is 10.2. The molecule has 0 bridgehead atoms. The predicted octanol–water partition coefficient (Wildman–Crippen LogP) is 2.89. The maximum Gasteiger partial charge on any atom is 0.425 e. The van der Waals surface area contributed by atoms with E-state index in [4.69, 9.17) is 4.74 Å². The summed E-state index contributed by atoms with van der Waals surface area (Å²) in [6.45, 7) is 4.88. The highest BCUT2D eigenvalue weighted by atomic mass is 79.9. The van der Waals surface area contributed by atoms with Crippen LogP contribution in [0.4, 0.5) is 4.79 Å². The summed E-state index contributed by atoms with van der Waals surface area (Å²) in [6.07, 6.45) is 3.16. The van der Waals surface area contributed by atoms with E-state index >= 15 is 0 Å². The number of carbonyl (C=O) groups excluding carboxylic acids is 1. The Morgan fingerprint density at radius 1 is 1.11 bits per heavy atom. The Morgan fingerprint density at radius 2 is 1.74 bits per heavy atom. The first-order chi connectivity index (χ1) is 16.1. The Balaban J connectivity index is 1.98. The molecular formula is C21H32BrN5O6S2. The Kier molecular flexibility index (Phi) is 9.87. The van der Waals surface area contributed by atoms with E-state index in [2.05, 4.69) is 25.6 Å². The third kappa shape index (κ3) is 8.86. The molecule has 2 rings (SSSR count). The number of nitrogens with one attached hydrogen (secondary N) is 1. The number of ether oxygens (including phenoxy) is 1. The lowest BCUT2D eigenvalue weighted by Crippen LogP contribution is -2.46. The predicted molar refractivity (Wildman–Crippen MR) is 136 cm³/mol. The highest BCUT2D eigenvalue weighted by molar-refractivity contribution is 9.10. The molecule has 1 aromatic carbocycles. The lowest BCUT2D eigenvalue weighted by Gasteiger charge is -2.27. The van der Waals surface area contributed by atoms with E-state index in [1.807, 2.05) is 0 Å². The number of benzene rings is 1. The second kappa shape index (κ2) is 11.8. The van der Waals surface area contributed by atoms with Crippen LogP contribution in [0.1, 0.15) is 44.9 Å². The van der Waals surface area contributed by atoms with E-state index in [1.54, 1.807) is 45.0 Å². The minimum atomic E-state index is -4.18. The molecule has 35 heavy (non-hydrogen) atoms. The fourth-order valence-corrected chi connectivity index (χ4v) is 4.99. The molecule has 1 N–H and O–H groups in total. The Morgan fingerprint density at radius 3 is 2.31 bits per heavy atom. The number of amides is 1. The number of nitrogens with zero attached hydrogens (tertiary/aromatic N) is 4. The second-order valence-corrected chi connectivity index (χ2v) is 13.6. The molecule has 1 heterocycles.